The Hall–Kier alpha value is -1.55. The third-order valence-electron chi connectivity index (χ3n) is 5.06. The number of benzene rings is 1. The number of carbonyl (C=O) groups is 1. The van der Waals surface area contributed by atoms with Gasteiger partial charge in [-0.2, -0.15) is 0 Å². The number of rotatable bonds is 3. The van der Waals surface area contributed by atoms with Crippen LogP contribution in [0.3, 0.4) is 0 Å². The second-order valence-corrected chi connectivity index (χ2v) is 6.45. The van der Waals surface area contributed by atoms with E-state index >= 15 is 0 Å². The number of piperidine rings is 1. The third-order valence-corrected chi connectivity index (χ3v) is 5.06. The first-order valence-electron chi connectivity index (χ1n) is 8.37. The van der Waals surface area contributed by atoms with E-state index in [9.17, 15) is 4.79 Å². The maximum Gasteiger partial charge on any atom is 0.253 e. The summed E-state index contributed by atoms with van der Waals surface area (Å²) < 4.78 is 5.33. The van der Waals surface area contributed by atoms with E-state index in [1.165, 1.54) is 25.9 Å². The third kappa shape index (κ3) is 3.12. The fourth-order valence-corrected chi connectivity index (χ4v) is 3.68. The molecule has 120 valence electrons. The van der Waals surface area contributed by atoms with Crippen molar-refractivity contribution in [2.45, 2.75) is 38.6 Å². The molecule has 0 atom stereocenters. The monoisotopic (exact) mass is 302 g/mol. The van der Waals surface area contributed by atoms with Gasteiger partial charge in [0.05, 0.1) is 7.11 Å². The summed E-state index contributed by atoms with van der Waals surface area (Å²) in [5.41, 5.74) is 1.80. The molecule has 2 aliphatic heterocycles. The highest BCUT2D eigenvalue weighted by Gasteiger charge is 2.28. The summed E-state index contributed by atoms with van der Waals surface area (Å²) >= 11 is 0. The Morgan fingerprint density at radius 3 is 2.45 bits per heavy atom. The number of aryl methyl sites for hydroxylation is 1. The van der Waals surface area contributed by atoms with Crippen LogP contribution in [0.1, 0.15) is 41.6 Å². The van der Waals surface area contributed by atoms with Gasteiger partial charge in [0, 0.05) is 24.7 Å². The summed E-state index contributed by atoms with van der Waals surface area (Å²) in [5, 5.41) is 0. The Morgan fingerprint density at radius 2 is 1.82 bits per heavy atom. The van der Waals surface area contributed by atoms with Crippen LogP contribution in [-0.4, -0.2) is 55.0 Å². The van der Waals surface area contributed by atoms with Gasteiger partial charge in [-0.1, -0.05) is 6.07 Å². The summed E-state index contributed by atoms with van der Waals surface area (Å²) in [6.45, 7) is 6.22. The molecule has 1 aromatic carbocycles. The topological polar surface area (TPSA) is 32.8 Å². The summed E-state index contributed by atoms with van der Waals surface area (Å²) in [5.74, 6) is 0.927. The molecule has 1 aromatic rings. The van der Waals surface area contributed by atoms with E-state index < -0.39 is 0 Å². The zero-order chi connectivity index (χ0) is 15.5. The van der Waals surface area contributed by atoms with E-state index in [2.05, 4.69) is 4.90 Å². The first kappa shape index (κ1) is 15.3. The van der Waals surface area contributed by atoms with Gasteiger partial charge in [-0.3, -0.25) is 4.79 Å². The Balaban J connectivity index is 1.62. The van der Waals surface area contributed by atoms with Crippen LogP contribution in [0.4, 0.5) is 0 Å². The Kier molecular flexibility index (Phi) is 4.67. The van der Waals surface area contributed by atoms with Gasteiger partial charge in [-0.05, 0) is 63.4 Å². The quantitative estimate of drug-likeness (QED) is 0.860. The van der Waals surface area contributed by atoms with Crippen LogP contribution >= 0.6 is 0 Å². The Labute approximate surface area is 133 Å². The largest absolute Gasteiger partial charge is 0.496 e. The standard InChI is InChI=1S/C18H26N2O2/c1-14-5-6-15(13-17(14)22-2)18(21)20-11-7-16(8-12-20)19-9-3-4-10-19/h5-6,13,16H,3-4,7-12H2,1-2H3. The molecule has 0 radical (unpaired) electrons. The molecular weight excluding hydrogens is 276 g/mol. The van der Waals surface area contributed by atoms with Crippen LogP contribution in [0.5, 0.6) is 5.75 Å². The van der Waals surface area contributed by atoms with Crippen molar-refractivity contribution in [3.05, 3.63) is 29.3 Å². The molecule has 0 bridgehead atoms. The van der Waals surface area contributed by atoms with E-state index in [1.54, 1.807) is 7.11 Å². The predicted octanol–water partition coefficient (Wildman–Crippen LogP) is 2.70. The number of likely N-dealkylation sites (tertiary alicyclic amines) is 2. The van der Waals surface area contributed by atoms with Gasteiger partial charge in [0.25, 0.3) is 5.91 Å². The lowest BCUT2D eigenvalue weighted by Crippen LogP contribution is -2.45. The molecular formula is C18H26N2O2. The van der Waals surface area contributed by atoms with Crippen LogP contribution in [0, 0.1) is 6.92 Å². The van der Waals surface area contributed by atoms with Crippen molar-refractivity contribution in [3.8, 4) is 5.75 Å². The number of amides is 1. The van der Waals surface area contributed by atoms with Crippen molar-refractivity contribution in [3.63, 3.8) is 0 Å². The molecule has 0 spiro atoms. The number of hydrogen-bond donors (Lipinski definition) is 0. The smallest absolute Gasteiger partial charge is 0.253 e. The van der Waals surface area contributed by atoms with Crippen molar-refractivity contribution in [1.82, 2.24) is 9.80 Å². The van der Waals surface area contributed by atoms with Gasteiger partial charge in [-0.15, -0.1) is 0 Å². The second-order valence-electron chi connectivity index (χ2n) is 6.45. The molecule has 4 nitrogen and oxygen atoms in total. The van der Waals surface area contributed by atoms with Crippen molar-refractivity contribution >= 4 is 5.91 Å². The lowest BCUT2D eigenvalue weighted by atomic mass is 10.0. The van der Waals surface area contributed by atoms with Crippen molar-refractivity contribution in [1.29, 1.82) is 0 Å². The first-order valence-corrected chi connectivity index (χ1v) is 8.37. The molecule has 2 aliphatic rings. The summed E-state index contributed by atoms with van der Waals surface area (Å²) in [7, 11) is 1.65. The predicted molar refractivity (Wildman–Crippen MR) is 87.5 cm³/mol. The second kappa shape index (κ2) is 6.69. The first-order chi connectivity index (χ1) is 10.7. The number of hydrogen-bond acceptors (Lipinski definition) is 3. The molecule has 0 aromatic heterocycles. The van der Waals surface area contributed by atoms with Crippen LogP contribution in [0.2, 0.25) is 0 Å². The zero-order valence-corrected chi connectivity index (χ0v) is 13.7. The minimum atomic E-state index is 0.137. The molecule has 0 unspecified atom stereocenters. The van der Waals surface area contributed by atoms with Gasteiger partial charge in [-0.25, -0.2) is 0 Å². The van der Waals surface area contributed by atoms with E-state index in [1.807, 2.05) is 30.0 Å². The van der Waals surface area contributed by atoms with Gasteiger partial charge < -0.3 is 14.5 Å². The molecule has 0 aliphatic carbocycles. The lowest BCUT2D eigenvalue weighted by Gasteiger charge is -2.36. The number of methoxy groups -OCH3 is 1. The van der Waals surface area contributed by atoms with E-state index in [-0.39, 0.29) is 5.91 Å². The SMILES string of the molecule is COc1cc(C(=O)N2CCC(N3CCCC3)CC2)ccc1C. The summed E-state index contributed by atoms with van der Waals surface area (Å²) in [6, 6.07) is 6.42. The molecule has 2 fully saturated rings. The number of carbonyl (C=O) groups excluding carboxylic acids is 1. The van der Waals surface area contributed by atoms with Gasteiger partial charge in [0.15, 0.2) is 0 Å². The highest BCUT2D eigenvalue weighted by atomic mass is 16.5. The minimum absolute atomic E-state index is 0.137. The maximum atomic E-state index is 12.7. The molecule has 0 N–H and O–H groups in total. The van der Waals surface area contributed by atoms with Crippen LogP contribution in [-0.2, 0) is 0 Å². The van der Waals surface area contributed by atoms with Crippen molar-refractivity contribution < 1.29 is 9.53 Å². The average molecular weight is 302 g/mol. The van der Waals surface area contributed by atoms with Crippen LogP contribution in [0.15, 0.2) is 18.2 Å². The molecule has 2 saturated heterocycles. The normalized spacial score (nSPS) is 20.4. The van der Waals surface area contributed by atoms with Crippen molar-refractivity contribution in [2.24, 2.45) is 0 Å². The molecule has 3 rings (SSSR count). The Bertz CT molecular complexity index is 530. The molecule has 0 saturated carbocycles. The Morgan fingerprint density at radius 1 is 1.14 bits per heavy atom. The highest BCUT2D eigenvalue weighted by molar-refractivity contribution is 5.94. The van der Waals surface area contributed by atoms with Crippen molar-refractivity contribution in [2.75, 3.05) is 33.3 Å². The van der Waals surface area contributed by atoms with Gasteiger partial charge in [0.1, 0.15) is 5.75 Å². The van der Waals surface area contributed by atoms with E-state index in [0.29, 0.717) is 6.04 Å². The fourth-order valence-electron chi connectivity index (χ4n) is 3.68. The summed E-state index contributed by atoms with van der Waals surface area (Å²) in [6.07, 6.45) is 4.88. The average Bonchev–Trinajstić information content (AvgIpc) is 3.09. The molecule has 4 heteroatoms. The van der Waals surface area contributed by atoms with Crippen LogP contribution in [0.25, 0.3) is 0 Å². The highest BCUT2D eigenvalue weighted by Crippen LogP contribution is 2.24. The number of nitrogens with zero attached hydrogens (tertiary/aromatic N) is 2. The van der Waals surface area contributed by atoms with E-state index in [4.69, 9.17) is 4.74 Å². The minimum Gasteiger partial charge on any atom is -0.496 e. The van der Waals surface area contributed by atoms with E-state index in [0.717, 1.165) is 42.8 Å². The molecule has 22 heavy (non-hydrogen) atoms. The lowest BCUT2D eigenvalue weighted by molar-refractivity contribution is 0.0644. The molecule has 1 amide bonds. The molecule has 2 heterocycles. The summed E-state index contributed by atoms with van der Waals surface area (Å²) in [4.78, 5) is 17.3. The van der Waals surface area contributed by atoms with Crippen LogP contribution < -0.4 is 4.74 Å². The fraction of sp³-hybridized carbons (Fsp3) is 0.611. The number of ether oxygens (including phenoxy) is 1. The zero-order valence-electron chi connectivity index (χ0n) is 13.7. The van der Waals surface area contributed by atoms with Gasteiger partial charge >= 0.3 is 0 Å². The maximum absolute atomic E-state index is 12.7. The van der Waals surface area contributed by atoms with Gasteiger partial charge in [0.2, 0.25) is 0 Å².